The fourth-order valence-electron chi connectivity index (χ4n) is 1.91. The van der Waals surface area contributed by atoms with E-state index in [0.717, 1.165) is 11.1 Å². The van der Waals surface area contributed by atoms with Crippen LogP contribution in [0.5, 0.6) is 0 Å². The van der Waals surface area contributed by atoms with Crippen LogP contribution in [0.15, 0.2) is 48.8 Å². The van der Waals surface area contributed by atoms with Crippen molar-refractivity contribution in [3.63, 3.8) is 0 Å². The molecule has 1 heterocycles. The summed E-state index contributed by atoms with van der Waals surface area (Å²) in [6, 6.07) is 11.1. The molecular weight excluding hydrogens is 214 g/mol. The number of aliphatic carboxylic acids is 1. The number of carboxylic acid groups (broad SMARTS) is 1. The van der Waals surface area contributed by atoms with E-state index in [4.69, 9.17) is 0 Å². The Kier molecular flexibility index (Phi) is 3.19. The van der Waals surface area contributed by atoms with Crippen molar-refractivity contribution in [2.24, 2.45) is 0 Å². The van der Waals surface area contributed by atoms with Crippen molar-refractivity contribution < 1.29 is 9.90 Å². The van der Waals surface area contributed by atoms with Crippen molar-refractivity contribution in [3.8, 4) is 0 Å². The van der Waals surface area contributed by atoms with E-state index in [1.165, 1.54) is 0 Å². The van der Waals surface area contributed by atoms with Crippen LogP contribution in [0.3, 0.4) is 0 Å². The molecule has 0 aliphatic carbocycles. The summed E-state index contributed by atoms with van der Waals surface area (Å²) in [5.74, 6) is -1.50. The zero-order chi connectivity index (χ0) is 12.3. The van der Waals surface area contributed by atoms with E-state index in [2.05, 4.69) is 4.98 Å². The van der Waals surface area contributed by atoms with Crippen molar-refractivity contribution in [1.82, 2.24) is 4.98 Å². The lowest BCUT2D eigenvalue weighted by molar-refractivity contribution is -0.137. The molecule has 1 atom stereocenters. The van der Waals surface area contributed by atoms with Crippen LogP contribution >= 0.6 is 0 Å². The molecule has 0 aliphatic rings. The zero-order valence-electron chi connectivity index (χ0n) is 9.50. The van der Waals surface area contributed by atoms with Gasteiger partial charge in [-0.3, -0.25) is 9.78 Å². The first-order chi connectivity index (χ1) is 8.20. The molecule has 2 rings (SSSR count). The van der Waals surface area contributed by atoms with Crippen LogP contribution in [0.1, 0.15) is 22.6 Å². The highest BCUT2D eigenvalue weighted by molar-refractivity contribution is 5.80. The minimum absolute atomic E-state index is 0.648. The predicted molar refractivity (Wildman–Crippen MR) is 64.9 cm³/mol. The van der Waals surface area contributed by atoms with Crippen LogP contribution in [0.25, 0.3) is 0 Å². The summed E-state index contributed by atoms with van der Waals surface area (Å²) in [5, 5.41) is 9.38. The Labute approximate surface area is 99.8 Å². The van der Waals surface area contributed by atoms with Gasteiger partial charge in [-0.25, -0.2) is 0 Å². The summed E-state index contributed by atoms with van der Waals surface area (Å²) >= 11 is 0. The highest BCUT2D eigenvalue weighted by Crippen LogP contribution is 2.26. The first kappa shape index (κ1) is 11.3. The third-order valence-corrected chi connectivity index (χ3v) is 2.76. The number of hydrogen-bond acceptors (Lipinski definition) is 2. The van der Waals surface area contributed by atoms with Crippen LogP contribution in [0.2, 0.25) is 0 Å². The quantitative estimate of drug-likeness (QED) is 0.876. The second kappa shape index (κ2) is 4.78. The molecule has 1 aromatic carbocycles. The fraction of sp³-hybridized carbons (Fsp3) is 0.143. The Balaban J connectivity index is 2.51. The molecule has 0 saturated heterocycles. The molecule has 0 bridgehead atoms. The SMILES string of the molecule is Cc1ccccc1C(C(=O)O)c1cccnc1. The summed E-state index contributed by atoms with van der Waals surface area (Å²) in [6.07, 6.45) is 3.24. The Morgan fingerprint density at radius 2 is 2.00 bits per heavy atom. The van der Waals surface area contributed by atoms with Gasteiger partial charge in [-0.05, 0) is 29.7 Å². The van der Waals surface area contributed by atoms with E-state index >= 15 is 0 Å². The van der Waals surface area contributed by atoms with Gasteiger partial charge in [-0.2, -0.15) is 0 Å². The van der Waals surface area contributed by atoms with E-state index in [-0.39, 0.29) is 0 Å². The van der Waals surface area contributed by atoms with E-state index < -0.39 is 11.9 Å². The fourth-order valence-corrected chi connectivity index (χ4v) is 1.91. The maximum absolute atomic E-state index is 11.4. The number of carboxylic acids is 1. The molecule has 2 aromatic rings. The van der Waals surface area contributed by atoms with Gasteiger partial charge >= 0.3 is 5.97 Å². The van der Waals surface area contributed by atoms with Crippen LogP contribution in [-0.4, -0.2) is 16.1 Å². The molecule has 86 valence electrons. The standard InChI is InChI=1S/C14H13NO2/c1-10-5-2-3-7-12(10)13(14(16)17)11-6-4-8-15-9-11/h2-9,13H,1H3,(H,16,17). The third kappa shape index (κ3) is 2.33. The molecule has 0 spiro atoms. The Morgan fingerprint density at radius 1 is 1.24 bits per heavy atom. The smallest absolute Gasteiger partial charge is 0.315 e. The third-order valence-electron chi connectivity index (χ3n) is 2.76. The van der Waals surface area contributed by atoms with Gasteiger partial charge in [-0.1, -0.05) is 30.3 Å². The average Bonchev–Trinajstić information content (AvgIpc) is 2.33. The van der Waals surface area contributed by atoms with Gasteiger partial charge in [0.1, 0.15) is 5.92 Å². The van der Waals surface area contributed by atoms with Crippen molar-refractivity contribution in [2.45, 2.75) is 12.8 Å². The molecule has 1 aromatic heterocycles. The van der Waals surface area contributed by atoms with Crippen LogP contribution in [-0.2, 0) is 4.79 Å². The lowest BCUT2D eigenvalue weighted by Crippen LogP contribution is -2.14. The van der Waals surface area contributed by atoms with Crippen molar-refractivity contribution in [2.75, 3.05) is 0 Å². The van der Waals surface area contributed by atoms with Gasteiger partial charge in [0, 0.05) is 12.4 Å². The van der Waals surface area contributed by atoms with E-state index in [9.17, 15) is 9.90 Å². The van der Waals surface area contributed by atoms with Gasteiger partial charge in [0.25, 0.3) is 0 Å². The van der Waals surface area contributed by atoms with Gasteiger partial charge < -0.3 is 5.11 Å². The number of rotatable bonds is 3. The van der Waals surface area contributed by atoms with E-state index in [1.54, 1.807) is 24.5 Å². The Hall–Kier alpha value is -2.16. The van der Waals surface area contributed by atoms with Crippen LogP contribution < -0.4 is 0 Å². The molecule has 0 aliphatic heterocycles. The van der Waals surface area contributed by atoms with E-state index in [0.29, 0.717) is 5.56 Å². The molecule has 1 unspecified atom stereocenters. The summed E-state index contributed by atoms with van der Waals surface area (Å²) < 4.78 is 0. The monoisotopic (exact) mass is 227 g/mol. The molecule has 1 N–H and O–H groups in total. The Bertz CT molecular complexity index is 523. The first-order valence-electron chi connectivity index (χ1n) is 5.38. The summed E-state index contributed by atoms with van der Waals surface area (Å²) in [4.78, 5) is 15.4. The summed E-state index contributed by atoms with van der Waals surface area (Å²) in [6.45, 7) is 1.92. The zero-order valence-corrected chi connectivity index (χ0v) is 9.50. The predicted octanol–water partition coefficient (Wildman–Crippen LogP) is 2.61. The second-order valence-corrected chi connectivity index (χ2v) is 3.91. The summed E-state index contributed by atoms with van der Waals surface area (Å²) in [7, 11) is 0. The maximum atomic E-state index is 11.4. The summed E-state index contributed by atoms with van der Waals surface area (Å²) in [5.41, 5.74) is 2.49. The number of carbonyl (C=O) groups is 1. The van der Waals surface area contributed by atoms with E-state index in [1.807, 2.05) is 31.2 Å². The lowest BCUT2D eigenvalue weighted by atomic mass is 9.89. The number of pyridine rings is 1. The number of aryl methyl sites for hydroxylation is 1. The van der Waals surface area contributed by atoms with Crippen LogP contribution in [0.4, 0.5) is 0 Å². The number of benzene rings is 1. The normalized spacial score (nSPS) is 12.1. The molecule has 3 heteroatoms. The minimum Gasteiger partial charge on any atom is -0.481 e. The average molecular weight is 227 g/mol. The number of aromatic nitrogens is 1. The van der Waals surface area contributed by atoms with Gasteiger partial charge in [-0.15, -0.1) is 0 Å². The molecule has 0 fully saturated rings. The molecule has 0 amide bonds. The van der Waals surface area contributed by atoms with Crippen molar-refractivity contribution >= 4 is 5.97 Å². The van der Waals surface area contributed by atoms with Gasteiger partial charge in [0.2, 0.25) is 0 Å². The second-order valence-electron chi connectivity index (χ2n) is 3.91. The molecule has 0 saturated carbocycles. The largest absolute Gasteiger partial charge is 0.481 e. The minimum atomic E-state index is -0.854. The number of nitrogens with zero attached hydrogens (tertiary/aromatic N) is 1. The molecule has 17 heavy (non-hydrogen) atoms. The number of hydrogen-bond donors (Lipinski definition) is 1. The van der Waals surface area contributed by atoms with Gasteiger partial charge in [0.15, 0.2) is 0 Å². The topological polar surface area (TPSA) is 50.2 Å². The maximum Gasteiger partial charge on any atom is 0.315 e. The highest BCUT2D eigenvalue weighted by atomic mass is 16.4. The molecule has 0 radical (unpaired) electrons. The molecule has 3 nitrogen and oxygen atoms in total. The Morgan fingerprint density at radius 3 is 2.59 bits per heavy atom. The lowest BCUT2D eigenvalue weighted by Gasteiger charge is -2.15. The van der Waals surface area contributed by atoms with Crippen LogP contribution in [0, 0.1) is 6.92 Å². The highest BCUT2D eigenvalue weighted by Gasteiger charge is 2.23. The van der Waals surface area contributed by atoms with Gasteiger partial charge in [0.05, 0.1) is 0 Å². The van der Waals surface area contributed by atoms with Crippen molar-refractivity contribution in [3.05, 3.63) is 65.5 Å². The van der Waals surface area contributed by atoms with Crippen molar-refractivity contribution in [1.29, 1.82) is 0 Å². The molecular formula is C14H13NO2. The first-order valence-corrected chi connectivity index (χ1v) is 5.38.